The van der Waals surface area contributed by atoms with Gasteiger partial charge in [-0.25, -0.2) is 0 Å². The molecular formula is C14H20N4OS. The van der Waals surface area contributed by atoms with Gasteiger partial charge in [0.25, 0.3) is 5.91 Å². The Bertz CT molecular complexity index is 498. The summed E-state index contributed by atoms with van der Waals surface area (Å²) in [6.45, 7) is 2.73. The van der Waals surface area contributed by atoms with Crippen molar-refractivity contribution in [3.05, 3.63) is 29.6 Å². The zero-order valence-electron chi connectivity index (χ0n) is 11.8. The summed E-state index contributed by atoms with van der Waals surface area (Å²) in [6.07, 6.45) is 4.05. The molecule has 1 aromatic heterocycles. The number of nitrogens with one attached hydrogen (secondary N) is 1. The molecule has 1 aromatic rings. The van der Waals surface area contributed by atoms with Crippen molar-refractivity contribution >= 4 is 23.1 Å². The molecule has 2 rings (SSSR count). The molecule has 1 fully saturated rings. The second-order valence-electron chi connectivity index (χ2n) is 5.25. The van der Waals surface area contributed by atoms with E-state index in [1.54, 1.807) is 12.1 Å². The molecule has 0 saturated heterocycles. The Morgan fingerprint density at radius 3 is 2.80 bits per heavy atom. The molecule has 6 heteroatoms. The van der Waals surface area contributed by atoms with Crippen LogP contribution < -0.4 is 11.1 Å². The number of thiocarbonyl (C=S) groups is 1. The highest BCUT2D eigenvalue weighted by Crippen LogP contribution is 2.26. The van der Waals surface area contributed by atoms with Gasteiger partial charge >= 0.3 is 0 Å². The SMILES string of the molecule is CC(CNC(=O)c1ccc(C(N)=S)cn1)N(C)C1CC1. The van der Waals surface area contributed by atoms with Crippen LogP contribution in [-0.4, -0.2) is 46.5 Å². The Hall–Kier alpha value is -1.53. The van der Waals surface area contributed by atoms with Gasteiger partial charge in [-0.05, 0) is 38.9 Å². The Morgan fingerprint density at radius 2 is 2.30 bits per heavy atom. The van der Waals surface area contributed by atoms with Gasteiger partial charge in [-0.15, -0.1) is 0 Å². The van der Waals surface area contributed by atoms with Crippen molar-refractivity contribution in [2.75, 3.05) is 13.6 Å². The maximum atomic E-state index is 12.0. The lowest BCUT2D eigenvalue weighted by molar-refractivity contribution is 0.0934. The van der Waals surface area contributed by atoms with Crippen LogP contribution in [0.1, 0.15) is 35.8 Å². The highest BCUT2D eigenvalue weighted by atomic mass is 32.1. The van der Waals surface area contributed by atoms with E-state index in [0.717, 1.165) is 0 Å². The molecule has 0 spiro atoms. The molecule has 0 aliphatic heterocycles. The zero-order chi connectivity index (χ0) is 14.7. The minimum absolute atomic E-state index is 0.171. The van der Waals surface area contributed by atoms with Gasteiger partial charge in [0, 0.05) is 30.4 Å². The molecule has 1 saturated carbocycles. The number of hydrogen-bond donors (Lipinski definition) is 2. The summed E-state index contributed by atoms with van der Waals surface area (Å²) in [5.74, 6) is -0.171. The largest absolute Gasteiger partial charge is 0.389 e. The molecule has 1 amide bonds. The van der Waals surface area contributed by atoms with E-state index in [9.17, 15) is 4.79 Å². The van der Waals surface area contributed by atoms with Gasteiger partial charge in [0.15, 0.2) is 0 Å². The van der Waals surface area contributed by atoms with Crippen LogP contribution in [0, 0.1) is 0 Å². The first-order valence-electron chi connectivity index (χ1n) is 6.75. The van der Waals surface area contributed by atoms with E-state index in [-0.39, 0.29) is 10.9 Å². The number of rotatable bonds is 6. The van der Waals surface area contributed by atoms with E-state index < -0.39 is 0 Å². The summed E-state index contributed by atoms with van der Waals surface area (Å²) in [5.41, 5.74) is 6.54. The first-order chi connectivity index (χ1) is 9.49. The molecule has 0 bridgehead atoms. The summed E-state index contributed by atoms with van der Waals surface area (Å²) in [4.78, 5) is 18.6. The van der Waals surface area contributed by atoms with Crippen LogP contribution in [0.3, 0.4) is 0 Å². The molecule has 108 valence electrons. The van der Waals surface area contributed by atoms with Gasteiger partial charge in [0.2, 0.25) is 0 Å². The molecule has 1 heterocycles. The molecule has 20 heavy (non-hydrogen) atoms. The van der Waals surface area contributed by atoms with E-state index in [2.05, 4.69) is 29.2 Å². The van der Waals surface area contributed by atoms with Crippen LogP contribution in [-0.2, 0) is 0 Å². The van der Waals surface area contributed by atoms with Crippen LogP contribution in [0.15, 0.2) is 18.3 Å². The fourth-order valence-corrected chi connectivity index (χ4v) is 2.11. The minimum Gasteiger partial charge on any atom is -0.389 e. The van der Waals surface area contributed by atoms with Gasteiger partial charge < -0.3 is 11.1 Å². The number of aromatic nitrogens is 1. The molecule has 5 nitrogen and oxygen atoms in total. The van der Waals surface area contributed by atoms with Gasteiger partial charge in [0.05, 0.1) is 0 Å². The number of likely N-dealkylation sites (N-methyl/N-ethyl adjacent to an activating group) is 1. The maximum Gasteiger partial charge on any atom is 0.269 e. The van der Waals surface area contributed by atoms with Gasteiger partial charge in [-0.2, -0.15) is 0 Å². The van der Waals surface area contributed by atoms with Crippen LogP contribution in [0.25, 0.3) is 0 Å². The average Bonchev–Trinajstić information content (AvgIpc) is 3.28. The third-order valence-electron chi connectivity index (χ3n) is 3.66. The molecule has 1 aliphatic rings. The Morgan fingerprint density at radius 1 is 1.60 bits per heavy atom. The van der Waals surface area contributed by atoms with E-state index in [4.69, 9.17) is 18.0 Å². The molecule has 1 atom stereocenters. The number of amides is 1. The van der Waals surface area contributed by atoms with Crippen molar-refractivity contribution in [2.45, 2.75) is 31.8 Å². The second kappa shape index (κ2) is 6.28. The van der Waals surface area contributed by atoms with E-state index in [1.165, 1.54) is 19.0 Å². The maximum absolute atomic E-state index is 12.0. The van der Waals surface area contributed by atoms with E-state index >= 15 is 0 Å². The van der Waals surface area contributed by atoms with Crippen molar-refractivity contribution in [1.29, 1.82) is 0 Å². The lowest BCUT2D eigenvalue weighted by Crippen LogP contribution is -2.41. The number of hydrogen-bond acceptors (Lipinski definition) is 4. The fraction of sp³-hybridized carbons (Fsp3) is 0.500. The van der Waals surface area contributed by atoms with Crippen LogP contribution >= 0.6 is 12.2 Å². The summed E-state index contributed by atoms with van der Waals surface area (Å²) in [5, 5.41) is 2.90. The molecule has 0 radical (unpaired) electrons. The Balaban J connectivity index is 1.86. The minimum atomic E-state index is -0.171. The summed E-state index contributed by atoms with van der Waals surface area (Å²) < 4.78 is 0. The highest BCUT2D eigenvalue weighted by molar-refractivity contribution is 7.80. The summed E-state index contributed by atoms with van der Waals surface area (Å²) in [7, 11) is 2.10. The van der Waals surface area contributed by atoms with Crippen molar-refractivity contribution in [1.82, 2.24) is 15.2 Å². The van der Waals surface area contributed by atoms with Crippen molar-refractivity contribution < 1.29 is 4.79 Å². The highest BCUT2D eigenvalue weighted by Gasteiger charge is 2.29. The van der Waals surface area contributed by atoms with Gasteiger partial charge in [-0.1, -0.05) is 12.2 Å². The lowest BCUT2D eigenvalue weighted by Gasteiger charge is -2.24. The normalized spacial score (nSPS) is 15.9. The van der Waals surface area contributed by atoms with Crippen LogP contribution in [0.2, 0.25) is 0 Å². The van der Waals surface area contributed by atoms with Crippen molar-refractivity contribution in [3.8, 4) is 0 Å². The monoisotopic (exact) mass is 292 g/mol. The third kappa shape index (κ3) is 3.74. The lowest BCUT2D eigenvalue weighted by atomic mass is 10.2. The van der Waals surface area contributed by atoms with Crippen molar-refractivity contribution in [2.24, 2.45) is 5.73 Å². The number of carbonyl (C=O) groups is 1. The summed E-state index contributed by atoms with van der Waals surface area (Å²) in [6, 6.07) is 4.36. The van der Waals surface area contributed by atoms with Crippen LogP contribution in [0.5, 0.6) is 0 Å². The third-order valence-corrected chi connectivity index (χ3v) is 3.89. The van der Waals surface area contributed by atoms with Crippen molar-refractivity contribution in [3.63, 3.8) is 0 Å². The first kappa shape index (κ1) is 14.9. The topological polar surface area (TPSA) is 71.2 Å². The predicted molar refractivity (Wildman–Crippen MR) is 82.7 cm³/mol. The molecule has 3 N–H and O–H groups in total. The fourth-order valence-electron chi connectivity index (χ4n) is 1.99. The number of carbonyl (C=O) groups excluding carboxylic acids is 1. The molecule has 1 aliphatic carbocycles. The Labute approximate surface area is 124 Å². The van der Waals surface area contributed by atoms with E-state index in [0.29, 0.717) is 29.9 Å². The van der Waals surface area contributed by atoms with Gasteiger partial charge in [-0.3, -0.25) is 14.7 Å². The molecule has 0 aromatic carbocycles. The zero-order valence-corrected chi connectivity index (χ0v) is 12.6. The molecule has 1 unspecified atom stereocenters. The molecular weight excluding hydrogens is 272 g/mol. The smallest absolute Gasteiger partial charge is 0.269 e. The second-order valence-corrected chi connectivity index (χ2v) is 5.69. The quantitative estimate of drug-likeness (QED) is 0.763. The van der Waals surface area contributed by atoms with Crippen LogP contribution in [0.4, 0.5) is 0 Å². The average molecular weight is 292 g/mol. The summed E-state index contributed by atoms with van der Waals surface area (Å²) >= 11 is 4.85. The van der Waals surface area contributed by atoms with Gasteiger partial charge in [0.1, 0.15) is 10.7 Å². The number of nitrogens with zero attached hydrogens (tertiary/aromatic N) is 2. The standard InChI is InChI=1S/C14H20N4OS/c1-9(18(2)11-4-5-11)7-17-14(19)12-6-3-10(8-16-12)13(15)20/h3,6,8-9,11H,4-5,7H2,1-2H3,(H2,15,20)(H,17,19). The number of nitrogens with two attached hydrogens (primary N) is 1. The predicted octanol–water partition coefficient (Wildman–Crippen LogP) is 0.928. The first-order valence-corrected chi connectivity index (χ1v) is 7.16. The number of pyridine rings is 1. The Kier molecular flexibility index (Phi) is 4.67. The van der Waals surface area contributed by atoms with E-state index in [1.807, 2.05) is 0 Å².